The van der Waals surface area contributed by atoms with Crippen LogP contribution >= 0.6 is 0 Å². The first-order valence-corrected chi connectivity index (χ1v) is 8.26. The van der Waals surface area contributed by atoms with Crippen molar-refractivity contribution in [2.24, 2.45) is 4.99 Å². The van der Waals surface area contributed by atoms with Crippen molar-refractivity contribution < 1.29 is 49.1 Å². The number of phenols is 1. The number of carbonyl (C=O) groups excluding carboxylic acids is 1. The lowest BCUT2D eigenvalue weighted by Crippen LogP contribution is -2.65. The van der Waals surface area contributed by atoms with E-state index in [1.807, 2.05) is 5.32 Å². The topological polar surface area (TPSA) is 192 Å². The molecule has 1 aliphatic heterocycles. The molecule has 2 rings (SSSR count). The third kappa shape index (κ3) is 4.29. The molecule has 12 heteroatoms. The number of carboxylic acid groups (broad SMARTS) is 3. The molecule has 0 radical (unpaired) electrons. The zero-order chi connectivity index (χ0) is 22.6. The molecule has 0 fully saturated rings. The van der Waals surface area contributed by atoms with Gasteiger partial charge in [0.2, 0.25) is 12.1 Å². The molecule has 0 saturated carbocycles. The summed E-state index contributed by atoms with van der Waals surface area (Å²) < 4.78 is 10.1. The number of rotatable bonds is 8. The molecule has 0 aromatic heterocycles. The van der Waals surface area contributed by atoms with E-state index in [-0.39, 0.29) is 16.9 Å². The van der Waals surface area contributed by atoms with E-state index < -0.39 is 54.0 Å². The van der Waals surface area contributed by atoms with E-state index in [1.54, 1.807) is 0 Å². The number of aliphatic carboxylic acids is 3. The van der Waals surface area contributed by atoms with Gasteiger partial charge >= 0.3 is 17.9 Å². The lowest BCUT2D eigenvalue weighted by molar-refractivity contribution is -0.193. The highest BCUT2D eigenvalue weighted by Crippen LogP contribution is 2.26. The second-order valence-electron chi connectivity index (χ2n) is 6.15. The summed E-state index contributed by atoms with van der Waals surface area (Å²) in [4.78, 5) is 51.4. The summed E-state index contributed by atoms with van der Waals surface area (Å²) in [5.74, 6) is -8.26. The van der Waals surface area contributed by atoms with Crippen molar-refractivity contribution in [2.45, 2.75) is 17.9 Å². The zero-order valence-corrected chi connectivity index (χ0v) is 15.6. The first kappa shape index (κ1) is 22.5. The molecule has 2 unspecified atom stereocenters. The number of nitrogens with zero attached hydrogens (tertiary/aromatic N) is 1. The van der Waals surface area contributed by atoms with Crippen LogP contribution in [0.3, 0.4) is 0 Å². The number of carboxylic acids is 3. The van der Waals surface area contributed by atoms with Crippen molar-refractivity contribution in [1.82, 2.24) is 5.32 Å². The van der Waals surface area contributed by atoms with Gasteiger partial charge in [-0.15, -0.1) is 0 Å². The average Bonchev–Trinajstić information content (AvgIpc) is 2.67. The van der Waals surface area contributed by atoms with Crippen molar-refractivity contribution in [1.29, 1.82) is 0 Å². The van der Waals surface area contributed by atoms with Crippen molar-refractivity contribution in [3.05, 3.63) is 42.0 Å². The third-order valence-electron chi connectivity index (χ3n) is 4.23. The van der Waals surface area contributed by atoms with Crippen molar-refractivity contribution in [2.75, 3.05) is 13.7 Å². The Morgan fingerprint density at radius 2 is 1.83 bits per heavy atom. The number of carbonyl (C=O) groups is 4. The Kier molecular flexibility index (Phi) is 6.54. The predicted octanol–water partition coefficient (Wildman–Crippen LogP) is -0.458. The van der Waals surface area contributed by atoms with Gasteiger partial charge in [-0.2, -0.15) is 0 Å². The van der Waals surface area contributed by atoms with Crippen LogP contribution in [-0.2, 0) is 28.7 Å². The molecule has 0 aliphatic carbocycles. The molecule has 1 aromatic carbocycles. The summed E-state index contributed by atoms with van der Waals surface area (Å²) in [5.41, 5.74) is -3.39. The summed E-state index contributed by atoms with van der Waals surface area (Å²) >= 11 is 0. The van der Waals surface area contributed by atoms with Gasteiger partial charge in [0.15, 0.2) is 11.6 Å². The summed E-state index contributed by atoms with van der Waals surface area (Å²) in [6, 6.07) is 4.65. The standard InChI is InChI=1S/C18H18N2O10/c1-8-7-30-16(19-12(8)15(25)26)18(29-2,17(27)28)20-13(22)11(14(23)24)9-3-5-10(21)6-4-9/h3-6,11,16,21H,1,7H2,2H3,(H,20,22)(H,23,24)(H,25,26)(H,27,28)/t11?,16-,18?/m1/s1. The highest BCUT2D eigenvalue weighted by atomic mass is 16.6. The van der Waals surface area contributed by atoms with Gasteiger partial charge in [-0.3, -0.25) is 9.59 Å². The predicted molar refractivity (Wildman–Crippen MR) is 98.0 cm³/mol. The number of ether oxygens (including phenoxy) is 2. The van der Waals surface area contributed by atoms with Gasteiger partial charge in [-0.05, 0) is 17.7 Å². The number of hydrogen-bond acceptors (Lipinski definition) is 8. The Bertz CT molecular complexity index is 923. The molecule has 1 amide bonds. The Morgan fingerprint density at radius 1 is 1.23 bits per heavy atom. The van der Waals surface area contributed by atoms with E-state index >= 15 is 0 Å². The van der Waals surface area contributed by atoms with Gasteiger partial charge in [0.05, 0.1) is 6.61 Å². The maximum atomic E-state index is 12.7. The maximum Gasteiger partial charge on any atom is 0.362 e. The second kappa shape index (κ2) is 8.71. The molecule has 30 heavy (non-hydrogen) atoms. The minimum absolute atomic E-state index is 0.0343. The van der Waals surface area contributed by atoms with Gasteiger partial charge in [-0.1, -0.05) is 18.7 Å². The molecule has 0 spiro atoms. The van der Waals surface area contributed by atoms with E-state index in [0.717, 1.165) is 19.2 Å². The summed E-state index contributed by atoms with van der Waals surface area (Å²) in [6.45, 7) is 3.04. The fourth-order valence-electron chi connectivity index (χ4n) is 2.70. The monoisotopic (exact) mass is 422 g/mol. The van der Waals surface area contributed by atoms with Crippen LogP contribution in [0.2, 0.25) is 0 Å². The molecule has 0 bridgehead atoms. The molecule has 12 nitrogen and oxygen atoms in total. The van der Waals surface area contributed by atoms with Gasteiger partial charge in [0.1, 0.15) is 5.75 Å². The van der Waals surface area contributed by atoms with E-state index in [1.165, 1.54) is 12.1 Å². The Balaban J connectivity index is 2.46. The number of benzene rings is 1. The first-order chi connectivity index (χ1) is 14.0. The Morgan fingerprint density at radius 3 is 2.30 bits per heavy atom. The third-order valence-corrected chi connectivity index (χ3v) is 4.23. The number of methoxy groups -OCH3 is 1. The molecular formula is C18H18N2O10. The van der Waals surface area contributed by atoms with E-state index in [0.29, 0.717) is 0 Å². The minimum Gasteiger partial charge on any atom is -0.508 e. The van der Waals surface area contributed by atoms with Crippen molar-refractivity contribution in [3.63, 3.8) is 0 Å². The molecule has 1 aliphatic rings. The lowest BCUT2D eigenvalue weighted by atomic mass is 9.97. The van der Waals surface area contributed by atoms with Crippen LogP contribution < -0.4 is 5.32 Å². The highest BCUT2D eigenvalue weighted by molar-refractivity contribution is 6.42. The van der Waals surface area contributed by atoms with Gasteiger partial charge in [-0.25, -0.2) is 14.6 Å². The van der Waals surface area contributed by atoms with Crippen LogP contribution in [0.15, 0.2) is 41.4 Å². The van der Waals surface area contributed by atoms with E-state index in [2.05, 4.69) is 11.6 Å². The van der Waals surface area contributed by atoms with Gasteiger partial charge in [0.25, 0.3) is 5.72 Å². The molecule has 3 atom stereocenters. The summed E-state index contributed by atoms with van der Waals surface area (Å²) in [7, 11) is 0.896. The molecular weight excluding hydrogens is 404 g/mol. The minimum atomic E-state index is -2.73. The fourth-order valence-corrected chi connectivity index (χ4v) is 2.70. The highest BCUT2D eigenvalue weighted by Gasteiger charge is 2.52. The average molecular weight is 422 g/mol. The van der Waals surface area contributed by atoms with Crippen molar-refractivity contribution in [3.8, 4) is 5.75 Å². The number of nitrogens with one attached hydrogen (secondary N) is 1. The van der Waals surface area contributed by atoms with E-state index in [9.17, 15) is 39.6 Å². The zero-order valence-electron chi connectivity index (χ0n) is 15.6. The van der Waals surface area contributed by atoms with Crippen LogP contribution in [0, 0.1) is 0 Å². The molecule has 0 saturated heterocycles. The largest absolute Gasteiger partial charge is 0.508 e. The number of amides is 1. The molecule has 1 aromatic rings. The quantitative estimate of drug-likeness (QED) is 0.270. The van der Waals surface area contributed by atoms with Crippen LogP contribution in [0.1, 0.15) is 11.5 Å². The number of aliphatic imine (C=N–C) groups is 1. The van der Waals surface area contributed by atoms with Crippen LogP contribution in [0.4, 0.5) is 0 Å². The maximum absolute atomic E-state index is 12.7. The fraction of sp³-hybridized carbons (Fsp3) is 0.278. The van der Waals surface area contributed by atoms with Gasteiger partial charge < -0.3 is 35.2 Å². The lowest BCUT2D eigenvalue weighted by Gasteiger charge is -2.36. The first-order valence-electron chi connectivity index (χ1n) is 8.26. The number of hydrogen-bond donors (Lipinski definition) is 5. The summed E-state index contributed by atoms with van der Waals surface area (Å²) in [5, 5.41) is 39.7. The summed E-state index contributed by atoms with van der Waals surface area (Å²) in [6.07, 6.45) is -1.85. The Hall–Kier alpha value is -3.77. The van der Waals surface area contributed by atoms with E-state index in [4.69, 9.17) is 9.47 Å². The smallest absolute Gasteiger partial charge is 0.362 e. The molecule has 160 valence electrons. The molecule has 1 heterocycles. The second-order valence-corrected chi connectivity index (χ2v) is 6.15. The Labute approximate surface area is 169 Å². The normalized spacial score (nSPS) is 19.2. The SMILES string of the molecule is C=C1CO[C@H](C(NC(=O)C(C(=O)O)c2ccc(O)cc2)(OC)C(=O)O)N=C1C(=O)O. The van der Waals surface area contributed by atoms with Crippen LogP contribution in [0.5, 0.6) is 5.75 Å². The number of phenolic OH excluding ortho intramolecular Hbond substituents is 1. The molecule has 5 N–H and O–H groups in total. The van der Waals surface area contributed by atoms with Crippen molar-refractivity contribution >= 4 is 29.5 Å². The van der Waals surface area contributed by atoms with Crippen LogP contribution in [0.25, 0.3) is 0 Å². The van der Waals surface area contributed by atoms with Crippen LogP contribution in [-0.4, -0.2) is 75.6 Å². The number of aromatic hydroxyl groups is 1. The van der Waals surface area contributed by atoms with Gasteiger partial charge in [0, 0.05) is 12.7 Å².